The molecule has 0 radical (unpaired) electrons. The maximum Gasteiger partial charge on any atom is 0.318 e. The van der Waals surface area contributed by atoms with Gasteiger partial charge in [-0.2, -0.15) is 0 Å². The lowest BCUT2D eigenvalue weighted by Crippen LogP contribution is -2.55. The van der Waals surface area contributed by atoms with E-state index >= 15 is 0 Å². The molecule has 0 spiro atoms. The molecule has 0 aromatic heterocycles. The number of carboxylic acid groups (broad SMARTS) is 1. The first-order chi connectivity index (χ1) is 9.90. The van der Waals surface area contributed by atoms with Crippen LogP contribution in [-0.4, -0.2) is 65.6 Å². The highest BCUT2D eigenvalue weighted by molar-refractivity contribution is 5.79. The molecule has 1 aliphatic heterocycles. The number of aliphatic hydroxyl groups excluding tert-OH is 1. The fourth-order valence-electron chi connectivity index (χ4n) is 2.60. The van der Waals surface area contributed by atoms with E-state index in [1.54, 1.807) is 11.8 Å². The molecule has 0 bridgehead atoms. The normalized spacial score (nSPS) is 25.1. The first-order valence-electron chi connectivity index (χ1n) is 7.39. The summed E-state index contributed by atoms with van der Waals surface area (Å²) >= 11 is 0. The van der Waals surface area contributed by atoms with E-state index in [9.17, 15) is 14.7 Å². The summed E-state index contributed by atoms with van der Waals surface area (Å²) in [5.74, 6) is -0.985. The molecule has 1 heterocycles. The lowest BCUT2D eigenvalue weighted by molar-refractivity contribution is -0.148. The van der Waals surface area contributed by atoms with Gasteiger partial charge >= 0.3 is 12.0 Å². The van der Waals surface area contributed by atoms with E-state index in [0.29, 0.717) is 0 Å². The fraction of sp³-hybridized carbons (Fsp3) is 0.857. The Bertz CT molecular complexity index is 372. The van der Waals surface area contributed by atoms with Gasteiger partial charge in [-0.15, -0.1) is 0 Å². The fourth-order valence-corrected chi connectivity index (χ4v) is 2.60. The Kier molecular flexibility index (Phi) is 6.42. The second-order valence-electron chi connectivity index (χ2n) is 5.63. The van der Waals surface area contributed by atoms with Crippen LogP contribution in [0.1, 0.15) is 33.6 Å². The van der Waals surface area contributed by atoms with Gasteiger partial charge in [-0.05, 0) is 19.8 Å². The summed E-state index contributed by atoms with van der Waals surface area (Å²) in [6, 6.07) is -0.894. The van der Waals surface area contributed by atoms with Gasteiger partial charge in [-0.1, -0.05) is 13.8 Å². The second kappa shape index (κ2) is 7.61. The number of hydrogen-bond acceptors (Lipinski definition) is 4. The van der Waals surface area contributed by atoms with Crippen LogP contribution in [0.5, 0.6) is 0 Å². The molecule has 21 heavy (non-hydrogen) atoms. The van der Waals surface area contributed by atoms with Gasteiger partial charge in [0.2, 0.25) is 0 Å². The molecule has 3 N–H and O–H groups in total. The first-order valence-corrected chi connectivity index (χ1v) is 7.39. The molecule has 2 amide bonds. The highest BCUT2D eigenvalue weighted by Gasteiger charge is 2.47. The minimum Gasteiger partial charge on any atom is -0.481 e. The van der Waals surface area contributed by atoms with E-state index in [4.69, 9.17) is 9.84 Å². The van der Waals surface area contributed by atoms with Crippen molar-refractivity contribution in [3.05, 3.63) is 0 Å². The van der Waals surface area contributed by atoms with E-state index in [2.05, 4.69) is 5.32 Å². The third kappa shape index (κ3) is 3.85. The maximum absolute atomic E-state index is 12.4. The van der Waals surface area contributed by atoms with Crippen LogP contribution in [-0.2, 0) is 9.53 Å². The lowest BCUT2D eigenvalue weighted by atomic mass is 9.85. The van der Waals surface area contributed by atoms with E-state index in [1.807, 2.05) is 13.8 Å². The quantitative estimate of drug-likeness (QED) is 0.642. The highest BCUT2D eigenvalue weighted by Crippen LogP contribution is 2.29. The smallest absolute Gasteiger partial charge is 0.318 e. The topological polar surface area (TPSA) is 99.1 Å². The van der Waals surface area contributed by atoms with Crippen molar-refractivity contribution in [2.45, 2.75) is 45.7 Å². The van der Waals surface area contributed by atoms with E-state index in [1.165, 1.54) is 0 Å². The van der Waals surface area contributed by atoms with Crippen molar-refractivity contribution in [2.75, 3.05) is 26.4 Å². The molecule has 2 unspecified atom stereocenters. The zero-order valence-electron chi connectivity index (χ0n) is 13.0. The van der Waals surface area contributed by atoms with Crippen LogP contribution in [0.3, 0.4) is 0 Å². The summed E-state index contributed by atoms with van der Waals surface area (Å²) in [5.41, 5.74) is -1.12. The predicted molar refractivity (Wildman–Crippen MR) is 77.0 cm³/mol. The molecule has 2 atom stereocenters. The molecule has 1 saturated heterocycles. The molecule has 7 heteroatoms. The third-order valence-corrected chi connectivity index (χ3v) is 4.23. The third-order valence-electron chi connectivity index (χ3n) is 4.23. The van der Waals surface area contributed by atoms with Crippen molar-refractivity contribution < 1.29 is 24.5 Å². The number of hydrogen-bond donors (Lipinski definition) is 3. The van der Waals surface area contributed by atoms with Crippen molar-refractivity contribution in [3.8, 4) is 0 Å². The average molecular weight is 302 g/mol. The lowest BCUT2D eigenvalue weighted by Gasteiger charge is -2.33. The Morgan fingerprint density at radius 2 is 2.05 bits per heavy atom. The first kappa shape index (κ1) is 17.7. The Hall–Kier alpha value is -1.34. The molecule has 1 aliphatic rings. The summed E-state index contributed by atoms with van der Waals surface area (Å²) in [7, 11) is 0. The molecule has 0 saturated carbocycles. The van der Waals surface area contributed by atoms with Crippen molar-refractivity contribution in [3.63, 3.8) is 0 Å². The Labute approximate surface area is 125 Å². The Morgan fingerprint density at radius 1 is 1.43 bits per heavy atom. The zero-order valence-corrected chi connectivity index (χ0v) is 13.0. The highest BCUT2D eigenvalue weighted by atomic mass is 16.5. The minimum atomic E-state index is -1.12. The largest absolute Gasteiger partial charge is 0.481 e. The van der Waals surface area contributed by atoms with Crippen molar-refractivity contribution in [1.29, 1.82) is 0 Å². The number of rotatable bonds is 7. The van der Waals surface area contributed by atoms with E-state index < -0.39 is 17.4 Å². The molecular weight excluding hydrogens is 276 g/mol. The summed E-state index contributed by atoms with van der Waals surface area (Å²) < 4.78 is 5.22. The molecule has 122 valence electrons. The summed E-state index contributed by atoms with van der Waals surface area (Å²) in [5, 5.41) is 21.2. The number of urea groups is 1. The van der Waals surface area contributed by atoms with Crippen molar-refractivity contribution in [2.24, 2.45) is 5.41 Å². The molecule has 0 aromatic rings. The molecule has 1 rings (SSSR count). The van der Waals surface area contributed by atoms with Crippen LogP contribution in [0.25, 0.3) is 0 Å². The van der Waals surface area contributed by atoms with Gasteiger partial charge in [-0.25, -0.2) is 4.79 Å². The van der Waals surface area contributed by atoms with Gasteiger partial charge in [0.05, 0.1) is 25.9 Å². The summed E-state index contributed by atoms with van der Waals surface area (Å²) in [6.07, 6.45) is 1.56. The van der Waals surface area contributed by atoms with Crippen molar-refractivity contribution in [1.82, 2.24) is 10.2 Å². The van der Waals surface area contributed by atoms with Crippen LogP contribution in [0.4, 0.5) is 4.79 Å². The van der Waals surface area contributed by atoms with Gasteiger partial charge in [0, 0.05) is 12.6 Å². The molecule has 0 aromatic carbocycles. The van der Waals surface area contributed by atoms with Crippen LogP contribution in [0.2, 0.25) is 0 Å². The predicted octanol–water partition coefficient (Wildman–Crippen LogP) is 0.669. The summed E-state index contributed by atoms with van der Waals surface area (Å²) in [6.45, 7) is 5.90. The van der Waals surface area contributed by atoms with E-state index in [-0.39, 0.29) is 38.4 Å². The Morgan fingerprint density at radius 3 is 2.52 bits per heavy atom. The van der Waals surface area contributed by atoms with Gasteiger partial charge in [0.1, 0.15) is 5.41 Å². The van der Waals surface area contributed by atoms with E-state index in [0.717, 1.165) is 12.8 Å². The zero-order chi connectivity index (χ0) is 16.0. The minimum absolute atomic E-state index is 0.0237. The van der Waals surface area contributed by atoms with Gasteiger partial charge in [-0.3, -0.25) is 4.79 Å². The number of amides is 2. The number of carbonyl (C=O) groups excluding carboxylic acids is 1. The van der Waals surface area contributed by atoms with Gasteiger partial charge < -0.3 is 25.2 Å². The number of nitrogens with one attached hydrogen (secondary N) is 1. The molecule has 1 fully saturated rings. The van der Waals surface area contributed by atoms with Crippen LogP contribution < -0.4 is 5.32 Å². The Balaban J connectivity index is 2.79. The number of carboxylic acids is 1. The standard InChI is InChI=1S/C14H26N2O5/c1-4-10(5-2)16(6-7-17)13(20)15-11-8-21-9-14(11,3)12(18)19/h10-11,17H,4-9H2,1-3H3,(H,15,20)(H,18,19). The number of ether oxygens (including phenoxy) is 1. The van der Waals surface area contributed by atoms with Crippen LogP contribution >= 0.6 is 0 Å². The second-order valence-corrected chi connectivity index (χ2v) is 5.63. The average Bonchev–Trinajstić information content (AvgIpc) is 2.81. The van der Waals surface area contributed by atoms with Gasteiger partial charge in [0.25, 0.3) is 0 Å². The molecule has 7 nitrogen and oxygen atoms in total. The number of aliphatic carboxylic acids is 1. The van der Waals surface area contributed by atoms with Gasteiger partial charge in [0.15, 0.2) is 0 Å². The van der Waals surface area contributed by atoms with Crippen molar-refractivity contribution >= 4 is 12.0 Å². The SMILES string of the molecule is CCC(CC)N(CCO)C(=O)NC1COCC1(C)C(=O)O. The number of nitrogens with zero attached hydrogens (tertiary/aromatic N) is 1. The monoisotopic (exact) mass is 302 g/mol. The van der Waals surface area contributed by atoms with Crippen LogP contribution in [0.15, 0.2) is 0 Å². The molecular formula is C14H26N2O5. The molecule has 0 aliphatic carbocycles. The maximum atomic E-state index is 12.4. The number of aliphatic hydroxyl groups is 1. The summed E-state index contributed by atoms with van der Waals surface area (Å²) in [4.78, 5) is 25.4. The number of carbonyl (C=O) groups is 2. The van der Waals surface area contributed by atoms with Crippen LogP contribution in [0, 0.1) is 5.41 Å².